The predicted octanol–water partition coefficient (Wildman–Crippen LogP) is 2.86. The summed E-state index contributed by atoms with van der Waals surface area (Å²) in [5.41, 5.74) is -0.505. The lowest BCUT2D eigenvalue weighted by Crippen LogP contribution is -2.37. The summed E-state index contributed by atoms with van der Waals surface area (Å²) in [6.45, 7) is -0.323. The van der Waals surface area contributed by atoms with Gasteiger partial charge in [-0.3, -0.25) is 5.32 Å². The van der Waals surface area contributed by atoms with Crippen LogP contribution in [0, 0.1) is 17.5 Å². The highest BCUT2D eigenvalue weighted by atomic mass is 19.4. The van der Waals surface area contributed by atoms with Crippen molar-refractivity contribution in [1.82, 2.24) is 5.32 Å². The van der Waals surface area contributed by atoms with Crippen LogP contribution in [0.4, 0.5) is 26.3 Å². The van der Waals surface area contributed by atoms with Crippen molar-refractivity contribution in [1.29, 1.82) is 0 Å². The van der Waals surface area contributed by atoms with Crippen LogP contribution in [0.25, 0.3) is 0 Å². The van der Waals surface area contributed by atoms with Crippen molar-refractivity contribution in [2.24, 2.45) is 0 Å². The number of hydrogen-bond acceptors (Lipinski definition) is 3. The summed E-state index contributed by atoms with van der Waals surface area (Å²) >= 11 is 0. The zero-order chi connectivity index (χ0) is 16.2. The van der Waals surface area contributed by atoms with Gasteiger partial charge in [-0.25, -0.2) is 18.0 Å². The molecule has 9 heteroatoms. The highest BCUT2D eigenvalue weighted by molar-refractivity contribution is 5.77. The number of hydrogen-bond donors (Lipinski definition) is 1. The van der Waals surface area contributed by atoms with Crippen molar-refractivity contribution >= 4 is 5.97 Å². The van der Waals surface area contributed by atoms with Crippen molar-refractivity contribution in [3.63, 3.8) is 0 Å². The lowest BCUT2D eigenvalue weighted by molar-refractivity contribution is -0.149. The van der Waals surface area contributed by atoms with E-state index < -0.39 is 47.7 Å². The fourth-order valence-electron chi connectivity index (χ4n) is 1.52. The van der Waals surface area contributed by atoms with E-state index >= 15 is 0 Å². The van der Waals surface area contributed by atoms with Crippen LogP contribution < -0.4 is 5.32 Å². The molecule has 0 saturated heterocycles. The predicted molar refractivity (Wildman–Crippen MR) is 59.7 cm³/mol. The molecule has 3 nitrogen and oxygen atoms in total. The number of nitrogens with one attached hydrogen (secondary N) is 1. The zero-order valence-corrected chi connectivity index (χ0v) is 10.7. The Hall–Kier alpha value is -1.77. The van der Waals surface area contributed by atoms with Gasteiger partial charge in [0.05, 0.1) is 13.2 Å². The van der Waals surface area contributed by atoms with Gasteiger partial charge in [0.2, 0.25) is 0 Å². The largest absolute Gasteiger partial charge is 0.465 e. The van der Waals surface area contributed by atoms with Crippen LogP contribution in [0.2, 0.25) is 0 Å². The van der Waals surface area contributed by atoms with E-state index in [0.717, 1.165) is 0 Å². The second kappa shape index (κ2) is 6.79. The van der Waals surface area contributed by atoms with Crippen molar-refractivity contribution in [2.75, 3.05) is 13.2 Å². The molecule has 0 radical (unpaired) electrons. The molecule has 118 valence electrons. The Morgan fingerprint density at radius 3 is 2.19 bits per heavy atom. The molecule has 0 aliphatic heterocycles. The van der Waals surface area contributed by atoms with Gasteiger partial charge in [0, 0.05) is 0 Å². The summed E-state index contributed by atoms with van der Waals surface area (Å²) < 4.78 is 80.1. The molecule has 1 aromatic carbocycles. The monoisotopic (exact) mass is 315 g/mol. The minimum Gasteiger partial charge on any atom is -0.465 e. The van der Waals surface area contributed by atoms with Crippen LogP contribution in [0.3, 0.4) is 0 Å². The second-order valence-electron chi connectivity index (χ2n) is 3.98. The summed E-state index contributed by atoms with van der Waals surface area (Å²) in [7, 11) is 0. The maximum Gasteiger partial charge on any atom is 0.401 e. The van der Waals surface area contributed by atoms with Crippen LogP contribution >= 0.6 is 0 Å². The number of carbonyl (C=O) groups excluding carboxylic acids is 1. The molecule has 0 aliphatic carbocycles. The first-order valence-electron chi connectivity index (χ1n) is 5.77. The number of carbonyl (C=O) groups is 1. The van der Waals surface area contributed by atoms with Crippen LogP contribution in [0.1, 0.15) is 18.5 Å². The fraction of sp³-hybridized carbons (Fsp3) is 0.417. The molecular weight excluding hydrogens is 304 g/mol. The quantitative estimate of drug-likeness (QED) is 0.516. The molecule has 1 atom stereocenters. The topological polar surface area (TPSA) is 38.3 Å². The summed E-state index contributed by atoms with van der Waals surface area (Å²) in [6, 6.07) is -0.900. The van der Waals surface area contributed by atoms with E-state index in [4.69, 9.17) is 0 Å². The van der Waals surface area contributed by atoms with Gasteiger partial charge < -0.3 is 4.74 Å². The van der Waals surface area contributed by atoms with Crippen LogP contribution in [0.5, 0.6) is 0 Å². The molecule has 1 rings (SSSR count). The smallest absolute Gasteiger partial charge is 0.401 e. The van der Waals surface area contributed by atoms with Crippen LogP contribution in [-0.4, -0.2) is 25.3 Å². The first-order valence-corrected chi connectivity index (χ1v) is 5.77. The molecule has 0 aromatic heterocycles. The third-order valence-corrected chi connectivity index (χ3v) is 2.37. The minimum atomic E-state index is -4.65. The lowest BCUT2D eigenvalue weighted by Gasteiger charge is -2.19. The van der Waals surface area contributed by atoms with E-state index in [1.165, 1.54) is 6.92 Å². The van der Waals surface area contributed by atoms with E-state index in [2.05, 4.69) is 4.74 Å². The Morgan fingerprint density at radius 1 is 1.24 bits per heavy atom. The highest BCUT2D eigenvalue weighted by Gasteiger charge is 2.32. The first kappa shape index (κ1) is 17.3. The number of alkyl halides is 3. The van der Waals surface area contributed by atoms with Gasteiger partial charge in [-0.05, 0) is 24.6 Å². The number of halogens is 6. The zero-order valence-electron chi connectivity index (χ0n) is 10.7. The van der Waals surface area contributed by atoms with Crippen LogP contribution in [-0.2, 0) is 9.53 Å². The molecule has 0 fully saturated rings. The average molecular weight is 315 g/mol. The van der Waals surface area contributed by atoms with Gasteiger partial charge in [0.15, 0.2) is 17.5 Å². The Bertz CT molecular complexity index is 494. The van der Waals surface area contributed by atoms with Crippen molar-refractivity contribution in [3.05, 3.63) is 35.1 Å². The fourth-order valence-corrected chi connectivity index (χ4v) is 1.52. The third kappa shape index (κ3) is 4.92. The summed E-state index contributed by atoms with van der Waals surface area (Å²) in [5.74, 6) is -6.18. The normalized spacial score (nSPS) is 13.1. The molecule has 0 aliphatic rings. The SMILES string of the molecule is CCOC(=O)C(NCC(F)(F)F)c1cc(F)c(F)c(F)c1. The summed E-state index contributed by atoms with van der Waals surface area (Å²) in [5, 5.41) is 1.78. The van der Waals surface area contributed by atoms with E-state index in [0.29, 0.717) is 12.1 Å². The second-order valence-corrected chi connectivity index (χ2v) is 3.98. The first-order chi connectivity index (χ1) is 9.65. The third-order valence-electron chi connectivity index (χ3n) is 2.37. The molecule has 21 heavy (non-hydrogen) atoms. The molecule has 0 spiro atoms. The number of rotatable bonds is 5. The Labute approximate surface area is 115 Å². The molecule has 1 unspecified atom stereocenters. The van der Waals surface area contributed by atoms with Crippen molar-refractivity contribution in [2.45, 2.75) is 19.1 Å². The number of benzene rings is 1. The van der Waals surface area contributed by atoms with Gasteiger partial charge in [0.1, 0.15) is 6.04 Å². The van der Waals surface area contributed by atoms with Gasteiger partial charge in [-0.1, -0.05) is 0 Å². The van der Waals surface area contributed by atoms with Gasteiger partial charge in [-0.15, -0.1) is 0 Å². The molecule has 0 heterocycles. The number of esters is 1. The van der Waals surface area contributed by atoms with Gasteiger partial charge >= 0.3 is 12.1 Å². The lowest BCUT2D eigenvalue weighted by atomic mass is 10.1. The van der Waals surface area contributed by atoms with Crippen molar-refractivity contribution in [3.8, 4) is 0 Å². The molecular formula is C12H11F6NO2. The van der Waals surface area contributed by atoms with E-state index in [1.54, 1.807) is 5.32 Å². The molecule has 0 amide bonds. The van der Waals surface area contributed by atoms with Crippen LogP contribution in [0.15, 0.2) is 12.1 Å². The van der Waals surface area contributed by atoms with E-state index in [-0.39, 0.29) is 6.61 Å². The van der Waals surface area contributed by atoms with Gasteiger partial charge in [0.25, 0.3) is 0 Å². The van der Waals surface area contributed by atoms with E-state index in [9.17, 15) is 31.1 Å². The summed E-state index contributed by atoms with van der Waals surface area (Å²) in [4.78, 5) is 11.6. The summed E-state index contributed by atoms with van der Waals surface area (Å²) in [6.07, 6.45) is -4.65. The average Bonchev–Trinajstić information content (AvgIpc) is 2.35. The Kier molecular flexibility index (Phi) is 5.59. The van der Waals surface area contributed by atoms with Crippen molar-refractivity contribution < 1.29 is 35.9 Å². The highest BCUT2D eigenvalue weighted by Crippen LogP contribution is 2.22. The minimum absolute atomic E-state index is 0.144. The maximum absolute atomic E-state index is 13.1. The van der Waals surface area contributed by atoms with Gasteiger partial charge in [-0.2, -0.15) is 13.2 Å². The molecule has 1 aromatic rings. The molecule has 0 saturated carbocycles. The number of ether oxygens (including phenoxy) is 1. The molecule has 1 N–H and O–H groups in total. The Balaban J connectivity index is 3.08. The molecule has 0 bridgehead atoms. The standard InChI is InChI=1S/C12H11F6NO2/c1-2-21-11(20)10(19-5-12(16,17)18)6-3-7(13)9(15)8(14)4-6/h3-4,10,19H,2,5H2,1H3. The maximum atomic E-state index is 13.1. The Morgan fingerprint density at radius 2 is 1.76 bits per heavy atom. The van der Waals surface area contributed by atoms with E-state index in [1.807, 2.05) is 0 Å².